The molecule has 0 amide bonds. The quantitative estimate of drug-likeness (QED) is 0.0798. The Bertz CT molecular complexity index is 1160. The lowest BCUT2D eigenvalue weighted by Crippen LogP contribution is -2.49. The predicted molar refractivity (Wildman–Crippen MR) is 143 cm³/mol. The minimum Gasteiger partial charge on any atom is -0.463 e. The molecule has 0 fully saturated rings. The van der Waals surface area contributed by atoms with Gasteiger partial charge in [0.25, 0.3) is 0 Å². The zero-order valence-electron chi connectivity index (χ0n) is 23.0. The summed E-state index contributed by atoms with van der Waals surface area (Å²) in [5.74, 6) is -0.480. The summed E-state index contributed by atoms with van der Waals surface area (Å²) in [7, 11) is 0. The van der Waals surface area contributed by atoms with Crippen LogP contribution in [0.25, 0.3) is 0 Å². The van der Waals surface area contributed by atoms with Crippen LogP contribution in [0, 0.1) is 0 Å². The first-order chi connectivity index (χ1) is 19.3. The highest BCUT2D eigenvalue weighted by Gasteiger charge is 2.44. The van der Waals surface area contributed by atoms with E-state index in [9.17, 15) is 31.1 Å². The molecule has 0 N–H and O–H groups in total. The Morgan fingerprint density at radius 2 is 1.66 bits per heavy atom. The zero-order valence-corrected chi connectivity index (χ0v) is 23.8. The molecule has 41 heavy (non-hydrogen) atoms. The van der Waals surface area contributed by atoms with Gasteiger partial charge in [-0.05, 0) is 56.0 Å². The Labute approximate surface area is 240 Å². The van der Waals surface area contributed by atoms with E-state index in [0.29, 0.717) is 24.3 Å². The number of esters is 1. The molecule has 2 atom stereocenters. The third-order valence-corrected chi connectivity index (χ3v) is 7.63. The second kappa shape index (κ2) is 14.1. The number of hydrogen-bond acceptors (Lipinski definition) is 6. The van der Waals surface area contributed by atoms with Crippen molar-refractivity contribution in [3.05, 3.63) is 82.4 Å². The Morgan fingerprint density at radius 1 is 1.02 bits per heavy atom. The highest BCUT2D eigenvalue weighted by Crippen LogP contribution is 2.44. The van der Waals surface area contributed by atoms with Crippen LogP contribution in [0.3, 0.4) is 0 Å². The van der Waals surface area contributed by atoms with Crippen molar-refractivity contribution in [3.8, 4) is 0 Å². The maximum absolute atomic E-state index is 13.5. The van der Waals surface area contributed by atoms with Gasteiger partial charge in [0.05, 0.1) is 54.8 Å². The van der Waals surface area contributed by atoms with Crippen LogP contribution >= 0.6 is 12.2 Å². The molecule has 0 saturated heterocycles. The smallest absolute Gasteiger partial charge is 0.416 e. The summed E-state index contributed by atoms with van der Waals surface area (Å²) in [5.41, 5.74) is -2.85. The second-order valence-corrected chi connectivity index (χ2v) is 10.5. The Hall–Kier alpha value is -2.54. The third-order valence-electron chi connectivity index (χ3n) is 6.70. The zero-order chi connectivity index (χ0) is 30.3. The van der Waals surface area contributed by atoms with E-state index in [1.54, 1.807) is 13.0 Å². The number of ether oxygens (including phenoxy) is 2. The molecule has 2 aromatic carbocycles. The maximum atomic E-state index is 13.5. The summed E-state index contributed by atoms with van der Waals surface area (Å²) in [5, 5.41) is 0. The highest BCUT2D eigenvalue weighted by molar-refractivity contribution is 7.92. The molecule has 5 nitrogen and oxygen atoms in total. The van der Waals surface area contributed by atoms with E-state index < -0.39 is 41.1 Å². The fraction of sp³-hybridized carbons (Fsp3) is 0.483. The van der Waals surface area contributed by atoms with Gasteiger partial charge in [0, 0.05) is 12.1 Å². The van der Waals surface area contributed by atoms with Gasteiger partial charge in [-0.15, -0.1) is 0 Å². The Morgan fingerprint density at radius 3 is 2.22 bits per heavy atom. The molecule has 0 radical (unpaired) electrons. The maximum Gasteiger partial charge on any atom is 0.416 e. The first-order valence-electron chi connectivity index (χ1n) is 13.2. The molecule has 2 aromatic rings. The molecule has 1 heterocycles. The van der Waals surface area contributed by atoms with Crippen molar-refractivity contribution >= 4 is 18.2 Å². The van der Waals surface area contributed by atoms with E-state index in [1.165, 1.54) is 6.92 Å². The monoisotopic (exact) mass is 605 g/mol. The number of unbranched alkanes of at least 4 members (excludes halogenated alkanes) is 1. The van der Waals surface area contributed by atoms with Gasteiger partial charge >= 0.3 is 18.3 Å². The summed E-state index contributed by atoms with van der Waals surface area (Å²) in [6.07, 6.45) is -7.39. The van der Waals surface area contributed by atoms with E-state index in [-0.39, 0.29) is 37.8 Å². The largest absolute Gasteiger partial charge is 0.463 e. The number of carbonyl (C=O) groups is 1. The number of alkyl halides is 6. The Balaban J connectivity index is 1.99. The molecule has 0 bridgehead atoms. The van der Waals surface area contributed by atoms with Gasteiger partial charge in [0.1, 0.15) is 0 Å². The molecule has 1 aliphatic rings. The summed E-state index contributed by atoms with van der Waals surface area (Å²) >= 11 is 1.04. The van der Waals surface area contributed by atoms with Crippen molar-refractivity contribution in [1.82, 2.24) is 4.31 Å². The van der Waals surface area contributed by atoms with Gasteiger partial charge in [-0.3, -0.25) is 0 Å². The van der Waals surface area contributed by atoms with Crippen LogP contribution in [0.15, 0.2) is 60.2 Å². The van der Waals surface area contributed by atoms with Crippen molar-refractivity contribution in [1.29, 1.82) is 0 Å². The fourth-order valence-corrected chi connectivity index (χ4v) is 5.22. The Kier molecular flexibility index (Phi) is 11.3. The highest BCUT2D eigenvalue weighted by atomic mass is 32.2. The molecule has 0 unspecified atom stereocenters. The van der Waals surface area contributed by atoms with Crippen LogP contribution < -0.4 is 0 Å². The van der Waals surface area contributed by atoms with Crippen LogP contribution in [-0.2, 0) is 36.3 Å². The summed E-state index contributed by atoms with van der Waals surface area (Å²) in [6, 6.07) is 10.6. The molecule has 0 spiro atoms. The van der Waals surface area contributed by atoms with Gasteiger partial charge in [-0.2, -0.15) is 26.3 Å². The average Bonchev–Trinajstić information content (AvgIpc) is 2.93. The molecule has 0 saturated carbocycles. The van der Waals surface area contributed by atoms with Crippen LogP contribution in [-0.4, -0.2) is 36.6 Å². The third kappa shape index (κ3) is 8.50. The predicted octanol–water partition coefficient (Wildman–Crippen LogP) is 8.27. The topological polar surface area (TPSA) is 48.0 Å². The first kappa shape index (κ1) is 33.0. The molecule has 12 heteroatoms. The average molecular weight is 606 g/mol. The van der Waals surface area contributed by atoms with Crippen molar-refractivity contribution < 1.29 is 44.8 Å². The van der Waals surface area contributed by atoms with Crippen molar-refractivity contribution in [2.24, 2.45) is 0 Å². The number of carbonyl (C=O) groups excluding carboxylic acids is 1. The van der Waals surface area contributed by atoms with Gasteiger partial charge in [0.2, 0.25) is 0 Å². The molecular formula is C29H33F6NO4S. The van der Waals surface area contributed by atoms with Crippen LogP contribution in [0.2, 0.25) is 0 Å². The van der Waals surface area contributed by atoms with Crippen LogP contribution in [0.1, 0.15) is 68.4 Å². The number of hydrogen-bond donors (Lipinski definition) is 0. The fourth-order valence-electron chi connectivity index (χ4n) is 4.34. The normalized spacial score (nSPS) is 19.1. The molecular weight excluding hydrogens is 572 g/mol. The summed E-state index contributed by atoms with van der Waals surface area (Å²) < 4.78 is 99.7. The van der Waals surface area contributed by atoms with Crippen LogP contribution in [0.4, 0.5) is 26.3 Å². The SMILES string of the molecule is CCCCOSN1CC(C(=O)OCC)=CC[C@@]1(CO[C@H](C)c1cc(C(F)(F)F)cc(C(F)(F)F)c1)c1ccccc1. The lowest BCUT2D eigenvalue weighted by Gasteiger charge is -2.45. The van der Waals surface area contributed by atoms with Gasteiger partial charge in [0.15, 0.2) is 0 Å². The standard InChI is InChI=1S/C29H33F6NO4S/c1-4-6-14-40-41-36-18-21(26(37)38-5-2)12-13-27(36,23-10-8-7-9-11-23)19-39-20(3)22-15-24(28(30,31)32)17-25(16-22)29(33,34)35/h7-12,15-17,20H,4-6,13-14,18-19H2,1-3H3/t20-,27-/m1/s1. The molecule has 0 aliphatic carbocycles. The second-order valence-electron chi connectivity index (χ2n) is 9.63. The molecule has 0 aromatic heterocycles. The summed E-state index contributed by atoms with van der Waals surface area (Å²) in [6.45, 7) is 5.74. The van der Waals surface area contributed by atoms with E-state index in [2.05, 4.69) is 0 Å². The van der Waals surface area contributed by atoms with E-state index >= 15 is 0 Å². The van der Waals surface area contributed by atoms with Gasteiger partial charge in [-0.1, -0.05) is 49.8 Å². The van der Waals surface area contributed by atoms with E-state index in [1.807, 2.05) is 41.6 Å². The molecule has 226 valence electrons. The summed E-state index contributed by atoms with van der Waals surface area (Å²) in [4.78, 5) is 12.6. The van der Waals surface area contributed by atoms with Gasteiger partial charge in [-0.25, -0.2) is 9.10 Å². The van der Waals surface area contributed by atoms with E-state index in [0.717, 1.165) is 30.6 Å². The number of nitrogens with zero attached hydrogens (tertiary/aromatic N) is 1. The van der Waals surface area contributed by atoms with Crippen molar-refractivity contribution in [3.63, 3.8) is 0 Å². The first-order valence-corrected chi connectivity index (χ1v) is 13.9. The number of benzene rings is 2. The van der Waals surface area contributed by atoms with Crippen molar-refractivity contribution in [2.45, 2.75) is 64.0 Å². The minimum absolute atomic E-state index is 0.0938. The van der Waals surface area contributed by atoms with Crippen molar-refractivity contribution in [2.75, 3.05) is 26.4 Å². The lowest BCUT2D eigenvalue weighted by atomic mass is 9.83. The number of rotatable bonds is 12. The van der Waals surface area contributed by atoms with E-state index in [4.69, 9.17) is 13.7 Å². The lowest BCUT2D eigenvalue weighted by molar-refractivity contribution is -0.143. The van der Waals surface area contributed by atoms with Gasteiger partial charge < -0.3 is 13.7 Å². The van der Waals surface area contributed by atoms with Crippen LogP contribution in [0.5, 0.6) is 0 Å². The molecule has 3 rings (SSSR count). The molecule has 1 aliphatic heterocycles. The number of halogens is 6. The minimum atomic E-state index is -4.97.